The maximum Gasteiger partial charge on any atom is 0.449 e. The Morgan fingerprint density at radius 1 is 0.886 bits per heavy atom. The number of alkyl carbamates (subject to hydrolysis) is 1. The maximum absolute atomic E-state index is 14.6. The summed E-state index contributed by atoms with van der Waals surface area (Å²) in [6.45, 7) is 5.56. The van der Waals surface area contributed by atoms with Gasteiger partial charge in [-0.2, -0.15) is 13.2 Å². The molecule has 20 nitrogen and oxygen atoms in total. The summed E-state index contributed by atoms with van der Waals surface area (Å²) < 4.78 is 108. The average molecular weight is 1010 g/mol. The van der Waals surface area contributed by atoms with Gasteiger partial charge >= 0.3 is 18.2 Å². The molecule has 2 amide bonds. The van der Waals surface area contributed by atoms with Crippen LogP contribution in [-0.2, 0) is 62.5 Å². The third kappa shape index (κ3) is 18.0. The van der Waals surface area contributed by atoms with Gasteiger partial charge in [0.25, 0.3) is 0 Å². The predicted octanol–water partition coefficient (Wildman–Crippen LogP) is 2.49. The zero-order valence-corrected chi connectivity index (χ0v) is 39.5. The van der Waals surface area contributed by atoms with Crippen molar-refractivity contribution in [3.8, 4) is 0 Å². The molecule has 0 aliphatic carbocycles. The van der Waals surface area contributed by atoms with Crippen LogP contribution in [0.1, 0.15) is 93.1 Å². The molecule has 26 heteroatoms. The smallest absolute Gasteiger partial charge is 0.449 e. The van der Waals surface area contributed by atoms with E-state index in [1.54, 1.807) is 27.0 Å². The van der Waals surface area contributed by atoms with E-state index in [-0.39, 0.29) is 63.9 Å². The quantitative estimate of drug-likeness (QED) is 0.0264. The van der Waals surface area contributed by atoms with Crippen molar-refractivity contribution < 1.29 is 85.2 Å². The van der Waals surface area contributed by atoms with Gasteiger partial charge in [0.1, 0.15) is 36.3 Å². The van der Waals surface area contributed by atoms with Gasteiger partial charge in [0.15, 0.2) is 17.3 Å². The lowest BCUT2D eigenvalue weighted by Crippen LogP contribution is -2.49. The van der Waals surface area contributed by atoms with Crippen molar-refractivity contribution in [2.75, 3.05) is 59.3 Å². The first-order valence-electron chi connectivity index (χ1n) is 22.9. The zero-order valence-electron chi connectivity index (χ0n) is 39.5. The Labute approximate surface area is 400 Å². The first-order valence-corrected chi connectivity index (χ1v) is 22.9. The molecule has 1 aliphatic rings. The molecule has 4 rings (SSSR count). The van der Waals surface area contributed by atoms with E-state index < -0.39 is 122 Å². The second kappa shape index (κ2) is 27.0. The second-order valence-electron chi connectivity index (χ2n) is 17.7. The largest absolute Gasteiger partial charge is 0.458 e. The summed E-state index contributed by atoms with van der Waals surface area (Å²) in [5, 5.41) is 60.4. The highest BCUT2D eigenvalue weighted by atomic mass is 19.4. The molecular weight excluding hydrogens is 947 g/mol. The number of esters is 1. The predicted molar refractivity (Wildman–Crippen MR) is 233 cm³/mol. The van der Waals surface area contributed by atoms with Gasteiger partial charge in [-0.1, -0.05) is 31.4 Å². The first-order chi connectivity index (χ1) is 33.0. The van der Waals surface area contributed by atoms with Crippen LogP contribution in [0.4, 0.5) is 31.1 Å². The van der Waals surface area contributed by atoms with E-state index >= 15 is 0 Å². The summed E-state index contributed by atoms with van der Waals surface area (Å²) in [4.78, 5) is 45.9. The normalized spacial score (nSPS) is 15.3. The number of carbonyl (C=O) groups is 3. The number of nitrogens with one attached hydrogen (secondary N) is 1. The molecule has 1 aromatic carbocycles. The summed E-state index contributed by atoms with van der Waals surface area (Å²) in [6.07, 6.45) is -8.14. The Balaban J connectivity index is 1.26. The second-order valence-corrected chi connectivity index (χ2v) is 17.7. The number of unbranched alkanes of at least 4 members (excludes halogenated alkanes) is 3. The Morgan fingerprint density at radius 3 is 2.23 bits per heavy atom. The van der Waals surface area contributed by atoms with Crippen molar-refractivity contribution in [1.82, 2.24) is 39.7 Å². The maximum atomic E-state index is 14.6. The number of aliphatic hydroxyl groups excluding tert-OH is 5. The van der Waals surface area contributed by atoms with E-state index in [4.69, 9.17) is 24.1 Å². The van der Waals surface area contributed by atoms with Crippen LogP contribution in [0.3, 0.4) is 0 Å². The number of nitrogens with zero attached hydrogens (tertiary/aromatic N) is 7. The molecule has 0 saturated carbocycles. The minimum absolute atomic E-state index is 0.0487. The van der Waals surface area contributed by atoms with Crippen molar-refractivity contribution in [2.45, 2.75) is 135 Å². The molecule has 5 unspecified atom stereocenters. The molecule has 0 bridgehead atoms. The number of rotatable bonds is 28. The summed E-state index contributed by atoms with van der Waals surface area (Å²) in [6, 6.07) is -0.357. The van der Waals surface area contributed by atoms with Crippen LogP contribution in [0.25, 0.3) is 0 Å². The SMILES string of the molecule is CCCCCCN(Cc1cn(CCOCCOCCOC(=O)c2nc(C(F)(F)F)n3c2CN(C(=O)CC(Cc2cc(F)c(F)cc2F)NC(=O)OC(C)(C)C)CC3)nn1)CC(O)C(O)C(O)C(O)CO. The topological polar surface area (TPSA) is 256 Å². The number of ether oxygens (including phenoxy) is 4. The fourth-order valence-corrected chi connectivity index (χ4v) is 7.36. The molecule has 3 aromatic rings. The van der Waals surface area contributed by atoms with Crippen molar-refractivity contribution in [3.63, 3.8) is 0 Å². The molecular formula is C44H64F6N8O12. The van der Waals surface area contributed by atoms with Crippen molar-refractivity contribution in [2.24, 2.45) is 0 Å². The molecule has 1 aliphatic heterocycles. The van der Waals surface area contributed by atoms with Gasteiger partial charge in [-0.05, 0) is 51.8 Å². The molecule has 0 radical (unpaired) electrons. The van der Waals surface area contributed by atoms with Crippen molar-refractivity contribution in [3.05, 3.63) is 64.3 Å². The summed E-state index contributed by atoms with van der Waals surface area (Å²) in [7, 11) is 0. The highest BCUT2D eigenvalue weighted by molar-refractivity contribution is 5.89. The molecule has 5 atom stereocenters. The van der Waals surface area contributed by atoms with Crippen molar-refractivity contribution in [1.29, 1.82) is 0 Å². The number of fused-ring (bicyclic) bond motifs is 1. The summed E-state index contributed by atoms with van der Waals surface area (Å²) in [5.74, 6) is -7.32. The molecule has 2 aromatic heterocycles. The first kappa shape index (κ1) is 57.6. The Bertz CT molecular complexity index is 2140. The molecule has 3 heterocycles. The number of carbonyl (C=O) groups excluding carboxylic acids is 3. The number of halogens is 6. The van der Waals surface area contributed by atoms with Gasteiger partial charge in [0.05, 0.1) is 63.6 Å². The lowest BCUT2D eigenvalue weighted by Gasteiger charge is -2.31. The number of hydrogen-bond acceptors (Lipinski definition) is 16. The lowest BCUT2D eigenvalue weighted by molar-refractivity contribution is -0.148. The highest BCUT2D eigenvalue weighted by Crippen LogP contribution is 2.33. The Morgan fingerprint density at radius 2 is 1.56 bits per heavy atom. The highest BCUT2D eigenvalue weighted by Gasteiger charge is 2.42. The average Bonchev–Trinajstić information content (AvgIpc) is 3.91. The minimum atomic E-state index is -4.99. The molecule has 70 heavy (non-hydrogen) atoms. The van der Waals surface area contributed by atoms with Gasteiger partial charge in [-0.3, -0.25) is 9.69 Å². The summed E-state index contributed by atoms with van der Waals surface area (Å²) in [5.41, 5.74) is -1.77. The lowest BCUT2D eigenvalue weighted by atomic mass is 10.0. The van der Waals surface area contributed by atoms with E-state index in [1.807, 2.05) is 4.90 Å². The number of aliphatic hydroxyl groups is 5. The Kier molecular flexibility index (Phi) is 22.2. The number of aromatic nitrogens is 5. The standard InChI is InChI=1S/C44H64F6N8O12/c1-5-6-7-8-9-55(25-34(60)38(63)39(64)35(61)26-59)22-29-23-57(54-53-29)12-13-67-14-15-68-16-17-69-40(65)37-33-24-56(10-11-58(33)41(52-37)44(48,49)50)36(62)20-28(51-42(66)70-43(2,3)4)18-27-19-31(46)32(47)21-30(27)45/h19,21,23,28,34-35,38-39,59-61,63-64H,5-18,20,22,24-26H2,1-4H3,(H,51,66). The third-order valence-electron chi connectivity index (χ3n) is 10.9. The van der Waals surface area contributed by atoms with Crippen LogP contribution in [0, 0.1) is 17.5 Å². The Hall–Kier alpha value is -4.96. The van der Waals surface area contributed by atoms with E-state index in [0.29, 0.717) is 30.9 Å². The van der Waals surface area contributed by atoms with Crippen LogP contribution in [0.5, 0.6) is 0 Å². The molecule has 0 saturated heterocycles. The van der Waals surface area contributed by atoms with Crippen LogP contribution in [0.2, 0.25) is 0 Å². The van der Waals surface area contributed by atoms with Gasteiger partial charge < -0.3 is 59.3 Å². The molecule has 0 fully saturated rings. The number of benzene rings is 1. The number of imidazole rings is 1. The monoisotopic (exact) mass is 1010 g/mol. The fraction of sp³-hybridized carbons (Fsp3) is 0.682. The third-order valence-corrected chi connectivity index (χ3v) is 10.9. The molecule has 0 spiro atoms. The fourth-order valence-electron chi connectivity index (χ4n) is 7.36. The minimum Gasteiger partial charge on any atom is -0.458 e. The van der Waals surface area contributed by atoms with E-state index in [9.17, 15) is 61.2 Å². The van der Waals surface area contributed by atoms with Gasteiger partial charge in [0.2, 0.25) is 11.7 Å². The van der Waals surface area contributed by atoms with Crippen LogP contribution < -0.4 is 5.32 Å². The zero-order chi connectivity index (χ0) is 51.8. The molecule has 6 N–H and O–H groups in total. The van der Waals surface area contributed by atoms with E-state index in [2.05, 4.69) is 27.5 Å². The van der Waals surface area contributed by atoms with Gasteiger partial charge in [0, 0.05) is 50.9 Å². The number of amides is 2. The van der Waals surface area contributed by atoms with E-state index in [1.165, 1.54) is 4.68 Å². The summed E-state index contributed by atoms with van der Waals surface area (Å²) >= 11 is 0. The van der Waals surface area contributed by atoms with Crippen LogP contribution in [0.15, 0.2) is 18.3 Å². The number of hydrogen-bond donors (Lipinski definition) is 6. The van der Waals surface area contributed by atoms with Gasteiger partial charge in [-0.25, -0.2) is 32.4 Å². The van der Waals surface area contributed by atoms with Crippen molar-refractivity contribution >= 4 is 18.0 Å². The van der Waals surface area contributed by atoms with Crippen LogP contribution in [-0.4, -0.2) is 173 Å². The molecule has 394 valence electrons. The van der Waals surface area contributed by atoms with E-state index in [0.717, 1.165) is 35.2 Å². The van der Waals surface area contributed by atoms with Gasteiger partial charge in [-0.15, -0.1) is 5.10 Å². The number of alkyl halides is 3. The van der Waals surface area contributed by atoms with Crippen LogP contribution >= 0.6 is 0 Å².